The van der Waals surface area contributed by atoms with Crippen molar-refractivity contribution in [3.8, 4) is 17.2 Å². The Kier molecular flexibility index (Phi) is 7.53. The SMILES string of the molecule is CCCOc1cc(Br)c(/C=C2\C(=O)NC(=O)N(c3ccc(OC)cc3)C2=O)cc1OCC. The van der Waals surface area contributed by atoms with Gasteiger partial charge in [-0.3, -0.25) is 14.9 Å². The van der Waals surface area contributed by atoms with Crippen molar-refractivity contribution in [3.05, 3.63) is 52.0 Å². The summed E-state index contributed by atoms with van der Waals surface area (Å²) in [6, 6.07) is 8.95. The van der Waals surface area contributed by atoms with Crippen LogP contribution in [-0.4, -0.2) is 38.2 Å². The minimum absolute atomic E-state index is 0.189. The first-order chi connectivity index (χ1) is 15.4. The highest BCUT2D eigenvalue weighted by Crippen LogP contribution is 2.35. The zero-order valence-electron chi connectivity index (χ0n) is 17.9. The highest BCUT2D eigenvalue weighted by atomic mass is 79.9. The quantitative estimate of drug-likeness (QED) is 0.426. The second kappa shape index (κ2) is 10.3. The van der Waals surface area contributed by atoms with E-state index in [2.05, 4.69) is 21.2 Å². The molecule has 1 heterocycles. The Bertz CT molecular complexity index is 1060. The van der Waals surface area contributed by atoms with Crippen LogP contribution in [0, 0.1) is 0 Å². The van der Waals surface area contributed by atoms with Gasteiger partial charge in [-0.2, -0.15) is 0 Å². The van der Waals surface area contributed by atoms with Gasteiger partial charge < -0.3 is 14.2 Å². The molecule has 1 N–H and O–H groups in total. The van der Waals surface area contributed by atoms with Gasteiger partial charge in [0, 0.05) is 4.47 Å². The molecule has 0 aromatic heterocycles. The molecule has 2 aromatic rings. The Balaban J connectivity index is 2.00. The molecule has 1 aliphatic rings. The minimum atomic E-state index is -0.820. The number of barbiturate groups is 1. The third-order valence-electron chi connectivity index (χ3n) is 4.56. The van der Waals surface area contributed by atoms with Crippen LogP contribution in [0.1, 0.15) is 25.8 Å². The van der Waals surface area contributed by atoms with Gasteiger partial charge in [0.1, 0.15) is 11.3 Å². The van der Waals surface area contributed by atoms with Crippen LogP contribution in [-0.2, 0) is 9.59 Å². The lowest BCUT2D eigenvalue weighted by Gasteiger charge is -2.26. The first-order valence-electron chi connectivity index (χ1n) is 10.0. The fraction of sp³-hybridized carbons (Fsp3) is 0.261. The van der Waals surface area contributed by atoms with Gasteiger partial charge in [-0.1, -0.05) is 22.9 Å². The largest absolute Gasteiger partial charge is 0.497 e. The third-order valence-corrected chi connectivity index (χ3v) is 5.24. The van der Waals surface area contributed by atoms with Gasteiger partial charge in [0.2, 0.25) is 0 Å². The van der Waals surface area contributed by atoms with Crippen molar-refractivity contribution < 1.29 is 28.6 Å². The second-order valence-electron chi connectivity index (χ2n) is 6.76. The normalized spacial score (nSPS) is 15.1. The van der Waals surface area contributed by atoms with Gasteiger partial charge in [0.15, 0.2) is 11.5 Å². The summed E-state index contributed by atoms with van der Waals surface area (Å²) in [5.74, 6) is 0.101. The fourth-order valence-corrected chi connectivity index (χ4v) is 3.47. The van der Waals surface area contributed by atoms with E-state index in [0.717, 1.165) is 11.3 Å². The van der Waals surface area contributed by atoms with E-state index in [1.807, 2.05) is 13.8 Å². The van der Waals surface area contributed by atoms with E-state index < -0.39 is 17.8 Å². The topological polar surface area (TPSA) is 94.2 Å². The fourth-order valence-electron chi connectivity index (χ4n) is 3.03. The average molecular weight is 503 g/mol. The summed E-state index contributed by atoms with van der Waals surface area (Å²) < 4.78 is 17.1. The molecule has 3 rings (SSSR count). The van der Waals surface area contributed by atoms with Crippen molar-refractivity contribution >= 4 is 45.5 Å². The number of ether oxygens (including phenoxy) is 3. The lowest BCUT2D eigenvalue weighted by molar-refractivity contribution is -0.122. The molecule has 168 valence electrons. The van der Waals surface area contributed by atoms with Crippen LogP contribution in [0.5, 0.6) is 17.2 Å². The number of carbonyl (C=O) groups is 3. The maximum atomic E-state index is 13.1. The van der Waals surface area contributed by atoms with Crippen molar-refractivity contribution in [3.63, 3.8) is 0 Å². The summed E-state index contributed by atoms with van der Waals surface area (Å²) >= 11 is 3.46. The number of benzene rings is 2. The number of urea groups is 1. The molecule has 0 atom stereocenters. The number of rotatable bonds is 8. The molecule has 1 saturated heterocycles. The van der Waals surface area contributed by atoms with E-state index in [9.17, 15) is 14.4 Å². The highest BCUT2D eigenvalue weighted by Gasteiger charge is 2.37. The molecule has 4 amide bonds. The standard InChI is InChI=1S/C23H23BrN2O6/c1-4-10-32-20-13-18(24)14(12-19(20)31-5-2)11-17-21(27)25-23(29)26(22(17)28)15-6-8-16(30-3)9-7-15/h6-9,11-13H,4-5,10H2,1-3H3,(H,25,27,29)/b17-11+. The van der Waals surface area contributed by atoms with Crippen molar-refractivity contribution in [2.45, 2.75) is 20.3 Å². The predicted molar refractivity (Wildman–Crippen MR) is 123 cm³/mol. The monoisotopic (exact) mass is 502 g/mol. The lowest BCUT2D eigenvalue weighted by atomic mass is 10.1. The van der Waals surface area contributed by atoms with Gasteiger partial charge in [-0.25, -0.2) is 9.69 Å². The number of hydrogen-bond acceptors (Lipinski definition) is 6. The summed E-state index contributed by atoms with van der Waals surface area (Å²) in [6.07, 6.45) is 2.25. The molecule has 1 aliphatic heterocycles. The number of nitrogens with zero attached hydrogens (tertiary/aromatic N) is 1. The number of carbonyl (C=O) groups excluding carboxylic acids is 3. The van der Waals surface area contributed by atoms with Crippen LogP contribution in [0.15, 0.2) is 46.4 Å². The Hall–Kier alpha value is -3.33. The molecule has 9 heteroatoms. The van der Waals surface area contributed by atoms with Crippen molar-refractivity contribution in [2.75, 3.05) is 25.2 Å². The van der Waals surface area contributed by atoms with E-state index in [1.54, 1.807) is 36.4 Å². The number of methoxy groups -OCH3 is 1. The number of halogens is 1. The first-order valence-corrected chi connectivity index (χ1v) is 10.8. The van der Waals surface area contributed by atoms with E-state index >= 15 is 0 Å². The van der Waals surface area contributed by atoms with Gasteiger partial charge in [0.25, 0.3) is 11.8 Å². The molecule has 2 aromatic carbocycles. The minimum Gasteiger partial charge on any atom is -0.497 e. The zero-order valence-corrected chi connectivity index (χ0v) is 19.5. The molecule has 0 radical (unpaired) electrons. The van der Waals surface area contributed by atoms with Crippen LogP contribution in [0.25, 0.3) is 6.08 Å². The van der Waals surface area contributed by atoms with Gasteiger partial charge in [0.05, 0.1) is 26.0 Å². The van der Waals surface area contributed by atoms with Gasteiger partial charge >= 0.3 is 6.03 Å². The zero-order chi connectivity index (χ0) is 23.3. The molecule has 0 saturated carbocycles. The van der Waals surface area contributed by atoms with Crippen molar-refractivity contribution in [1.29, 1.82) is 0 Å². The number of amides is 4. The molecule has 0 spiro atoms. The summed E-state index contributed by atoms with van der Waals surface area (Å²) in [4.78, 5) is 38.9. The maximum absolute atomic E-state index is 13.1. The number of nitrogens with one attached hydrogen (secondary N) is 1. The molecule has 0 unspecified atom stereocenters. The Labute approximate surface area is 194 Å². The summed E-state index contributed by atoms with van der Waals surface area (Å²) in [7, 11) is 1.51. The summed E-state index contributed by atoms with van der Waals surface area (Å²) in [5.41, 5.74) is 0.648. The summed E-state index contributed by atoms with van der Waals surface area (Å²) in [5, 5.41) is 2.21. The van der Waals surface area contributed by atoms with Crippen LogP contribution in [0.3, 0.4) is 0 Å². The molecular formula is C23H23BrN2O6. The summed E-state index contributed by atoms with van der Waals surface area (Å²) in [6.45, 7) is 4.78. The van der Waals surface area contributed by atoms with E-state index in [4.69, 9.17) is 14.2 Å². The van der Waals surface area contributed by atoms with Gasteiger partial charge in [-0.05, 0) is 61.4 Å². The molecule has 0 aliphatic carbocycles. The molecule has 1 fully saturated rings. The number of hydrogen-bond donors (Lipinski definition) is 1. The highest BCUT2D eigenvalue weighted by molar-refractivity contribution is 9.10. The first kappa shape index (κ1) is 23.3. The lowest BCUT2D eigenvalue weighted by Crippen LogP contribution is -2.54. The maximum Gasteiger partial charge on any atom is 0.335 e. The van der Waals surface area contributed by atoms with Crippen molar-refractivity contribution in [1.82, 2.24) is 5.32 Å². The van der Waals surface area contributed by atoms with Crippen LogP contribution in [0.4, 0.5) is 10.5 Å². The third kappa shape index (κ3) is 4.94. The Morgan fingerprint density at radius 3 is 2.34 bits per heavy atom. The average Bonchev–Trinajstić information content (AvgIpc) is 2.77. The van der Waals surface area contributed by atoms with Crippen LogP contribution < -0.4 is 24.4 Å². The van der Waals surface area contributed by atoms with E-state index in [-0.39, 0.29) is 5.57 Å². The molecule has 8 nitrogen and oxygen atoms in total. The molecule has 32 heavy (non-hydrogen) atoms. The Morgan fingerprint density at radius 1 is 1.03 bits per heavy atom. The van der Waals surface area contributed by atoms with E-state index in [0.29, 0.717) is 46.2 Å². The molecular weight excluding hydrogens is 480 g/mol. The predicted octanol–water partition coefficient (Wildman–Crippen LogP) is 4.31. The second-order valence-corrected chi connectivity index (χ2v) is 7.61. The number of imide groups is 2. The van der Waals surface area contributed by atoms with Crippen LogP contribution >= 0.6 is 15.9 Å². The van der Waals surface area contributed by atoms with E-state index in [1.165, 1.54) is 13.2 Å². The molecule has 0 bridgehead atoms. The van der Waals surface area contributed by atoms with Gasteiger partial charge in [-0.15, -0.1) is 0 Å². The van der Waals surface area contributed by atoms with Crippen molar-refractivity contribution in [2.24, 2.45) is 0 Å². The Morgan fingerprint density at radius 2 is 1.72 bits per heavy atom. The number of anilines is 1. The smallest absolute Gasteiger partial charge is 0.335 e. The van der Waals surface area contributed by atoms with Crippen LogP contribution in [0.2, 0.25) is 0 Å².